The summed E-state index contributed by atoms with van der Waals surface area (Å²) in [6.45, 7) is 3.45. The lowest BCUT2D eigenvalue weighted by Crippen LogP contribution is -2.28. The predicted octanol–water partition coefficient (Wildman–Crippen LogP) is 8.52. The molecule has 0 aliphatic carbocycles. The Kier molecular flexibility index (Phi) is 7.42. The highest BCUT2D eigenvalue weighted by molar-refractivity contribution is 7.91. The van der Waals surface area contributed by atoms with E-state index in [0.29, 0.717) is 5.56 Å². The molecule has 4 aromatic carbocycles. The number of rotatable bonds is 7. The smallest absolute Gasteiger partial charge is 0.175 e. The van der Waals surface area contributed by atoms with Crippen LogP contribution in [0, 0.1) is 0 Å². The molecule has 0 saturated carbocycles. The van der Waals surface area contributed by atoms with E-state index in [1.54, 1.807) is 55.6 Å². The third-order valence-corrected chi connectivity index (χ3v) is 13.1. The van der Waals surface area contributed by atoms with Gasteiger partial charge in [0, 0.05) is 57.9 Å². The van der Waals surface area contributed by atoms with Crippen LogP contribution in [-0.2, 0) is 24.4 Å². The van der Waals surface area contributed by atoms with Crippen molar-refractivity contribution in [3.63, 3.8) is 0 Å². The first-order valence-electron chi connectivity index (χ1n) is 14.9. The lowest BCUT2D eigenvalue weighted by atomic mass is 9.92. The lowest BCUT2D eigenvalue weighted by Gasteiger charge is -2.24. The second-order valence-corrected chi connectivity index (χ2v) is 17.8. The average Bonchev–Trinajstić information content (AvgIpc) is 3.71. The maximum absolute atomic E-state index is 12.9. The van der Waals surface area contributed by atoms with Crippen molar-refractivity contribution < 1.29 is 16.8 Å². The number of nitrogens with zero attached hydrogens (tertiary/aromatic N) is 2. The van der Waals surface area contributed by atoms with Gasteiger partial charge in [-0.15, -0.1) is 11.3 Å². The summed E-state index contributed by atoms with van der Waals surface area (Å²) in [6.07, 6.45) is 6.11. The van der Waals surface area contributed by atoms with E-state index in [2.05, 4.69) is 17.1 Å². The molecule has 0 spiro atoms. The molecule has 0 bridgehead atoms. The number of aromatic amines is 1. The average molecular weight is 678 g/mol. The van der Waals surface area contributed by atoms with Crippen molar-refractivity contribution in [3.05, 3.63) is 115 Å². The van der Waals surface area contributed by atoms with Crippen LogP contribution in [0.4, 0.5) is 0 Å². The fraction of sp³-hybridized carbons (Fsp3) is 0.135. The number of pyridine rings is 1. The normalized spacial score (nSPS) is 12.6. The Morgan fingerprint density at radius 1 is 0.745 bits per heavy atom. The Morgan fingerprint density at radius 3 is 2.23 bits per heavy atom. The summed E-state index contributed by atoms with van der Waals surface area (Å²) >= 11 is 1.57. The molecule has 0 saturated heterocycles. The van der Waals surface area contributed by atoms with Gasteiger partial charge in [-0.05, 0) is 79.1 Å². The topological polar surface area (TPSA) is 110 Å². The molecular formula is C37H31N3O4S3. The van der Waals surface area contributed by atoms with Crippen LogP contribution >= 0.6 is 11.3 Å². The number of aromatic nitrogens is 3. The van der Waals surface area contributed by atoms with Gasteiger partial charge in [0.1, 0.15) is 5.01 Å². The minimum atomic E-state index is -3.42. The van der Waals surface area contributed by atoms with E-state index < -0.39 is 24.4 Å². The van der Waals surface area contributed by atoms with E-state index in [4.69, 9.17) is 9.97 Å². The largest absolute Gasteiger partial charge is 0.361 e. The van der Waals surface area contributed by atoms with Gasteiger partial charge in [-0.2, -0.15) is 0 Å². The first kappa shape index (κ1) is 31.0. The molecule has 7 rings (SSSR count). The van der Waals surface area contributed by atoms with E-state index in [1.165, 1.54) is 12.5 Å². The second-order valence-electron chi connectivity index (χ2n) is 12.2. The monoisotopic (exact) mass is 677 g/mol. The maximum atomic E-state index is 12.9. The summed E-state index contributed by atoms with van der Waals surface area (Å²) in [5.41, 5.74) is 7.65. The molecule has 3 aromatic heterocycles. The molecule has 0 fully saturated rings. The zero-order valence-corrected chi connectivity index (χ0v) is 28.6. The summed E-state index contributed by atoms with van der Waals surface area (Å²) in [5, 5.41) is 2.75. The highest BCUT2D eigenvalue weighted by Gasteiger charge is 2.33. The highest BCUT2D eigenvalue weighted by atomic mass is 32.2. The van der Waals surface area contributed by atoms with Crippen molar-refractivity contribution in [2.45, 2.75) is 23.5 Å². The van der Waals surface area contributed by atoms with Crippen molar-refractivity contribution in [1.82, 2.24) is 15.0 Å². The van der Waals surface area contributed by atoms with Gasteiger partial charge >= 0.3 is 0 Å². The molecule has 7 nitrogen and oxygen atoms in total. The van der Waals surface area contributed by atoms with Crippen LogP contribution in [0.2, 0.25) is 0 Å². The van der Waals surface area contributed by atoms with E-state index >= 15 is 0 Å². The Balaban J connectivity index is 1.44. The molecular weight excluding hydrogens is 647 g/mol. The number of hydrogen-bond acceptors (Lipinski definition) is 7. The minimum absolute atomic E-state index is 0.244. The van der Waals surface area contributed by atoms with Crippen molar-refractivity contribution in [2.24, 2.45) is 0 Å². The van der Waals surface area contributed by atoms with Crippen LogP contribution in [-0.4, -0.2) is 44.3 Å². The summed E-state index contributed by atoms with van der Waals surface area (Å²) in [6, 6.07) is 30.7. The van der Waals surface area contributed by atoms with Crippen LogP contribution in [0.5, 0.6) is 0 Å². The maximum Gasteiger partial charge on any atom is 0.175 e. The fourth-order valence-corrected chi connectivity index (χ4v) is 8.06. The van der Waals surface area contributed by atoms with E-state index in [-0.39, 0.29) is 4.90 Å². The third-order valence-electron chi connectivity index (χ3n) is 8.77. The summed E-state index contributed by atoms with van der Waals surface area (Å²) in [4.78, 5) is 14.3. The summed E-state index contributed by atoms with van der Waals surface area (Å²) in [5.74, 6) is 0. The molecule has 0 atom stereocenters. The standard InChI is InChI=1S/C37H31N3O4S3/c1-37(2,47(4,43)44)27-21-25-10-7-18-39-33(25)31(22-27)24-8-5-9-26(20-24)35-34(23-13-15-28(16-14-23)46(3,41)42)40-36(45-35)30-11-6-12-32-29(30)17-19-38-32/h5-22,38H,1-4H3. The van der Waals surface area contributed by atoms with Crippen LogP contribution in [0.1, 0.15) is 19.4 Å². The number of sulfone groups is 2. The van der Waals surface area contributed by atoms with Gasteiger partial charge in [-0.1, -0.05) is 48.5 Å². The number of H-pyrrole nitrogens is 1. The van der Waals surface area contributed by atoms with Crippen molar-refractivity contribution in [2.75, 3.05) is 12.5 Å². The number of hydrogen-bond donors (Lipinski definition) is 1. The number of thiazole rings is 1. The first-order chi connectivity index (χ1) is 22.3. The SMILES string of the molecule is CC(C)(c1cc(-c2cccc(-c3sc(-c4cccc5[nH]ccc45)nc3-c3ccc(S(C)(=O)=O)cc3)c2)c2ncccc2c1)S(C)(=O)=O. The van der Waals surface area contributed by atoms with Crippen molar-refractivity contribution >= 4 is 52.8 Å². The third kappa shape index (κ3) is 5.56. The van der Waals surface area contributed by atoms with Crippen LogP contribution in [0.15, 0.2) is 114 Å². The Labute approximate surface area is 277 Å². The molecule has 3 heterocycles. The molecule has 47 heavy (non-hydrogen) atoms. The summed E-state index contributed by atoms with van der Waals surface area (Å²) < 4.78 is 49.0. The molecule has 0 amide bonds. The molecule has 0 aliphatic rings. The molecule has 0 aliphatic heterocycles. The molecule has 0 radical (unpaired) electrons. The van der Waals surface area contributed by atoms with Crippen LogP contribution in [0.25, 0.3) is 65.2 Å². The van der Waals surface area contributed by atoms with E-state index in [0.717, 1.165) is 65.2 Å². The van der Waals surface area contributed by atoms with E-state index in [9.17, 15) is 16.8 Å². The van der Waals surface area contributed by atoms with Crippen molar-refractivity contribution in [1.29, 1.82) is 0 Å². The molecule has 236 valence electrons. The highest BCUT2D eigenvalue weighted by Crippen LogP contribution is 2.44. The minimum Gasteiger partial charge on any atom is -0.361 e. The first-order valence-corrected chi connectivity index (χ1v) is 19.5. The van der Waals surface area contributed by atoms with Gasteiger partial charge in [0.05, 0.1) is 25.7 Å². The van der Waals surface area contributed by atoms with Gasteiger partial charge in [-0.3, -0.25) is 4.98 Å². The Hall–Kier alpha value is -4.64. The Bertz CT molecular complexity index is 2550. The van der Waals surface area contributed by atoms with Gasteiger partial charge < -0.3 is 4.98 Å². The number of nitrogens with one attached hydrogen (secondary N) is 1. The van der Waals surface area contributed by atoms with Gasteiger partial charge in [0.25, 0.3) is 0 Å². The van der Waals surface area contributed by atoms with Crippen LogP contribution < -0.4 is 0 Å². The van der Waals surface area contributed by atoms with Crippen molar-refractivity contribution in [3.8, 4) is 43.4 Å². The Morgan fingerprint density at radius 2 is 1.49 bits per heavy atom. The summed E-state index contributed by atoms with van der Waals surface area (Å²) in [7, 11) is -6.79. The zero-order valence-electron chi connectivity index (χ0n) is 26.1. The zero-order chi connectivity index (χ0) is 33.1. The molecule has 10 heteroatoms. The lowest BCUT2D eigenvalue weighted by molar-refractivity contribution is 0.561. The van der Waals surface area contributed by atoms with Crippen LogP contribution in [0.3, 0.4) is 0 Å². The molecule has 7 aromatic rings. The predicted molar refractivity (Wildman–Crippen MR) is 192 cm³/mol. The number of fused-ring (bicyclic) bond motifs is 2. The van der Waals surface area contributed by atoms with E-state index in [1.807, 2.05) is 66.9 Å². The molecule has 0 unspecified atom stereocenters. The quantitative estimate of drug-likeness (QED) is 0.181. The molecule has 1 N–H and O–H groups in total. The van der Waals surface area contributed by atoms with Gasteiger partial charge in [-0.25, -0.2) is 21.8 Å². The van der Waals surface area contributed by atoms with Gasteiger partial charge in [0.15, 0.2) is 19.7 Å². The fourth-order valence-electron chi connectivity index (χ4n) is 5.76. The van der Waals surface area contributed by atoms with Gasteiger partial charge in [0.2, 0.25) is 0 Å². The second kappa shape index (κ2) is 11.3. The number of benzene rings is 4.